The van der Waals surface area contributed by atoms with Gasteiger partial charge in [0, 0.05) is 55.9 Å². The van der Waals surface area contributed by atoms with Crippen molar-refractivity contribution in [3.63, 3.8) is 0 Å². The predicted octanol–water partition coefficient (Wildman–Crippen LogP) is 6.08. The number of carbonyl (C=O) groups excluding carboxylic acids is 1. The van der Waals surface area contributed by atoms with E-state index in [1.165, 1.54) is 41.1 Å². The number of halogens is 5. The molecule has 0 unspecified atom stereocenters. The molecular weight excluding hydrogens is 508 g/mol. The molecule has 0 spiro atoms. The summed E-state index contributed by atoms with van der Waals surface area (Å²) in [6.07, 6.45) is 5.26. The molecule has 5 rings (SSSR count). The molecule has 0 bridgehead atoms. The number of hydrogen-bond acceptors (Lipinski definition) is 3. The number of benzene rings is 2. The molecule has 2 aromatic heterocycles. The highest BCUT2D eigenvalue weighted by atomic mass is 35.5. The molecule has 4 aromatic rings. The first kappa shape index (κ1) is 25.0. The van der Waals surface area contributed by atoms with E-state index in [0.29, 0.717) is 48.1 Å². The Morgan fingerprint density at radius 2 is 1.86 bits per heavy atom. The molecule has 190 valence electrons. The number of fused-ring (bicyclic) bond motifs is 3. The van der Waals surface area contributed by atoms with Crippen LogP contribution in [0.5, 0.6) is 0 Å². The second-order valence-corrected chi connectivity index (χ2v) is 9.19. The van der Waals surface area contributed by atoms with E-state index in [1.54, 1.807) is 18.2 Å². The average Bonchev–Trinajstić information content (AvgIpc) is 3.15. The summed E-state index contributed by atoms with van der Waals surface area (Å²) in [7, 11) is 0. The molecule has 0 saturated carbocycles. The van der Waals surface area contributed by atoms with Gasteiger partial charge in [0.25, 0.3) is 0 Å². The highest BCUT2D eigenvalue weighted by Crippen LogP contribution is 2.34. The Labute approximate surface area is 215 Å². The fourth-order valence-electron chi connectivity index (χ4n) is 4.61. The number of nitrogens with zero attached hydrogens (tertiary/aromatic N) is 3. The van der Waals surface area contributed by atoms with Crippen LogP contribution in [0.15, 0.2) is 54.7 Å². The normalized spacial score (nSPS) is 13.9. The number of hydrogen-bond donors (Lipinski definition) is 1. The molecule has 0 radical (unpaired) electrons. The number of carbonyl (C=O) groups is 1. The number of nitrogens with one attached hydrogen (secondary N) is 1. The van der Waals surface area contributed by atoms with Crippen LogP contribution >= 0.6 is 11.6 Å². The molecule has 0 fully saturated rings. The van der Waals surface area contributed by atoms with Crippen molar-refractivity contribution in [2.75, 3.05) is 13.1 Å². The first-order valence-corrected chi connectivity index (χ1v) is 11.9. The van der Waals surface area contributed by atoms with Crippen LogP contribution in [0.2, 0.25) is 5.02 Å². The Kier molecular flexibility index (Phi) is 6.99. The summed E-state index contributed by atoms with van der Waals surface area (Å²) in [5.41, 5.74) is 2.97. The van der Waals surface area contributed by atoms with Crippen molar-refractivity contribution in [1.29, 1.82) is 0 Å². The van der Waals surface area contributed by atoms with Crippen molar-refractivity contribution in [3.05, 3.63) is 106 Å². The van der Waals surface area contributed by atoms with Crippen LogP contribution in [-0.2, 0) is 19.5 Å². The molecular formula is C27H21ClF4N4O. The quantitative estimate of drug-likeness (QED) is 0.252. The molecule has 1 aliphatic rings. The Hall–Kier alpha value is -3.69. The van der Waals surface area contributed by atoms with E-state index in [1.807, 2.05) is 0 Å². The standard InChI is InChI=1S/C27H21ClF4N4O/c28-22-13-25-20(12-23(22)31)21-15-35(6-1-2-16-8-18(29)11-19(30)9-16)7-4-24(21)36(25)27(37)34-14-17-3-5-33-26(32)10-17/h1-3,5,8-13H,4,6-7,14-15H2,(H,34,37). The number of rotatable bonds is 5. The second kappa shape index (κ2) is 10.4. The van der Waals surface area contributed by atoms with E-state index >= 15 is 0 Å². The fourth-order valence-corrected chi connectivity index (χ4v) is 4.77. The van der Waals surface area contributed by atoms with Crippen LogP contribution in [0, 0.1) is 23.4 Å². The van der Waals surface area contributed by atoms with E-state index in [-0.39, 0.29) is 11.6 Å². The minimum atomic E-state index is -0.650. The van der Waals surface area contributed by atoms with Crippen molar-refractivity contribution >= 4 is 34.6 Å². The first-order valence-electron chi connectivity index (χ1n) is 11.5. The molecule has 0 atom stereocenters. The number of amides is 1. The van der Waals surface area contributed by atoms with Crippen LogP contribution in [0.4, 0.5) is 22.4 Å². The lowest BCUT2D eigenvalue weighted by Crippen LogP contribution is -2.34. The maximum absolute atomic E-state index is 14.4. The monoisotopic (exact) mass is 528 g/mol. The Balaban J connectivity index is 1.40. The van der Waals surface area contributed by atoms with Gasteiger partial charge in [-0.1, -0.05) is 23.8 Å². The fraction of sp³-hybridized carbons (Fsp3) is 0.185. The summed E-state index contributed by atoms with van der Waals surface area (Å²) in [5.74, 6) is -2.53. The van der Waals surface area contributed by atoms with Crippen molar-refractivity contribution < 1.29 is 22.4 Å². The Morgan fingerprint density at radius 1 is 1.08 bits per heavy atom. The molecule has 1 aliphatic heterocycles. The van der Waals surface area contributed by atoms with Gasteiger partial charge in [-0.25, -0.2) is 22.9 Å². The van der Waals surface area contributed by atoms with E-state index < -0.39 is 29.4 Å². The Morgan fingerprint density at radius 3 is 2.62 bits per heavy atom. The highest BCUT2D eigenvalue weighted by molar-refractivity contribution is 6.31. The lowest BCUT2D eigenvalue weighted by atomic mass is 10.0. The maximum atomic E-state index is 14.4. The molecule has 3 heterocycles. The van der Waals surface area contributed by atoms with E-state index in [0.717, 1.165) is 17.3 Å². The lowest BCUT2D eigenvalue weighted by Gasteiger charge is -2.27. The van der Waals surface area contributed by atoms with Gasteiger partial charge in [0.15, 0.2) is 0 Å². The van der Waals surface area contributed by atoms with Crippen LogP contribution in [-0.4, -0.2) is 33.6 Å². The highest BCUT2D eigenvalue weighted by Gasteiger charge is 2.27. The number of pyridine rings is 1. The van der Waals surface area contributed by atoms with E-state index in [2.05, 4.69) is 15.2 Å². The van der Waals surface area contributed by atoms with Gasteiger partial charge in [0.2, 0.25) is 5.95 Å². The summed E-state index contributed by atoms with van der Waals surface area (Å²) in [6, 6.07) is 8.46. The molecule has 5 nitrogen and oxygen atoms in total. The number of aromatic nitrogens is 2. The SMILES string of the molecule is O=C(NCc1ccnc(F)c1)n1c2c(c3cc(F)c(Cl)cc31)CN(CC=Cc1cc(F)cc(F)c1)CC2. The van der Waals surface area contributed by atoms with Crippen molar-refractivity contribution in [2.45, 2.75) is 19.5 Å². The third-order valence-corrected chi connectivity index (χ3v) is 6.56. The third-order valence-electron chi connectivity index (χ3n) is 6.27. The van der Waals surface area contributed by atoms with E-state index in [4.69, 9.17) is 11.6 Å². The average molecular weight is 529 g/mol. The lowest BCUT2D eigenvalue weighted by molar-refractivity contribution is 0.240. The Bertz CT molecular complexity index is 1510. The van der Waals surface area contributed by atoms with Gasteiger partial charge < -0.3 is 5.32 Å². The third kappa shape index (κ3) is 5.38. The van der Waals surface area contributed by atoms with Gasteiger partial charge in [0.05, 0.1) is 10.5 Å². The molecule has 2 aromatic carbocycles. The summed E-state index contributed by atoms with van der Waals surface area (Å²) in [5, 5.41) is 3.25. The molecule has 37 heavy (non-hydrogen) atoms. The van der Waals surface area contributed by atoms with Gasteiger partial charge in [-0.15, -0.1) is 0 Å². The summed E-state index contributed by atoms with van der Waals surface area (Å²) >= 11 is 6.05. The van der Waals surface area contributed by atoms with Crippen LogP contribution in [0.3, 0.4) is 0 Å². The minimum Gasteiger partial charge on any atom is -0.333 e. The minimum absolute atomic E-state index is 0.0826. The second-order valence-electron chi connectivity index (χ2n) is 8.78. The zero-order valence-electron chi connectivity index (χ0n) is 19.4. The van der Waals surface area contributed by atoms with Crippen LogP contribution in [0.1, 0.15) is 22.4 Å². The maximum Gasteiger partial charge on any atom is 0.326 e. The molecule has 10 heteroatoms. The van der Waals surface area contributed by atoms with Gasteiger partial charge in [0.1, 0.15) is 17.5 Å². The first-order chi connectivity index (χ1) is 17.8. The van der Waals surface area contributed by atoms with Crippen molar-refractivity contribution in [2.24, 2.45) is 0 Å². The van der Waals surface area contributed by atoms with E-state index in [9.17, 15) is 22.4 Å². The largest absolute Gasteiger partial charge is 0.333 e. The van der Waals surface area contributed by atoms with Gasteiger partial charge in [-0.05, 0) is 53.1 Å². The summed E-state index contributed by atoms with van der Waals surface area (Å²) < 4.78 is 56.2. The van der Waals surface area contributed by atoms with Gasteiger partial charge in [-0.2, -0.15) is 4.39 Å². The molecule has 0 aliphatic carbocycles. The smallest absolute Gasteiger partial charge is 0.326 e. The van der Waals surface area contributed by atoms with Crippen molar-refractivity contribution in [3.8, 4) is 0 Å². The zero-order valence-corrected chi connectivity index (χ0v) is 20.2. The van der Waals surface area contributed by atoms with Gasteiger partial charge >= 0.3 is 6.03 Å². The van der Waals surface area contributed by atoms with Crippen LogP contribution in [0.25, 0.3) is 17.0 Å². The zero-order chi connectivity index (χ0) is 26.1. The van der Waals surface area contributed by atoms with Crippen molar-refractivity contribution in [1.82, 2.24) is 19.8 Å². The molecule has 1 N–H and O–H groups in total. The predicted molar refractivity (Wildman–Crippen MR) is 133 cm³/mol. The van der Waals surface area contributed by atoms with Crippen LogP contribution < -0.4 is 5.32 Å². The molecule has 1 amide bonds. The summed E-state index contributed by atoms with van der Waals surface area (Å²) in [4.78, 5) is 18.8. The molecule has 0 saturated heterocycles. The summed E-state index contributed by atoms with van der Waals surface area (Å²) in [6.45, 7) is 1.61. The van der Waals surface area contributed by atoms with Gasteiger partial charge in [-0.3, -0.25) is 9.47 Å². The topological polar surface area (TPSA) is 50.2 Å².